The van der Waals surface area contributed by atoms with Crippen molar-refractivity contribution in [1.29, 1.82) is 0 Å². The Bertz CT molecular complexity index is 710. The van der Waals surface area contributed by atoms with Gasteiger partial charge in [-0.05, 0) is 31.2 Å². The lowest BCUT2D eigenvalue weighted by atomic mass is 10.3. The number of fused-ring (bicyclic) bond motifs is 1. The molecule has 0 aliphatic carbocycles. The Labute approximate surface area is 107 Å². The predicted octanol–water partition coefficient (Wildman–Crippen LogP) is 2.66. The molecule has 2 heterocycles. The monoisotopic (exact) mass is 258 g/mol. The Balaban J connectivity index is 1.95. The number of nitrogen functional groups attached to an aromatic ring is 1. The average molecular weight is 258 g/mol. The Morgan fingerprint density at radius 1 is 1.22 bits per heavy atom. The van der Waals surface area contributed by atoms with Crippen molar-refractivity contribution in [3.8, 4) is 0 Å². The number of benzene rings is 1. The van der Waals surface area contributed by atoms with Crippen LogP contribution in [-0.2, 0) is 0 Å². The van der Waals surface area contributed by atoms with E-state index in [-0.39, 0.29) is 0 Å². The highest BCUT2D eigenvalue weighted by atomic mass is 32.2. The van der Waals surface area contributed by atoms with Gasteiger partial charge in [-0.15, -0.1) is 0 Å². The summed E-state index contributed by atoms with van der Waals surface area (Å²) < 4.78 is 5.58. The Hall–Kier alpha value is -2.08. The van der Waals surface area contributed by atoms with Gasteiger partial charge in [-0.2, -0.15) is 0 Å². The summed E-state index contributed by atoms with van der Waals surface area (Å²) in [6, 6.07) is 7.21. The van der Waals surface area contributed by atoms with Crippen molar-refractivity contribution in [1.82, 2.24) is 15.0 Å². The zero-order chi connectivity index (χ0) is 12.5. The van der Waals surface area contributed by atoms with Crippen LogP contribution in [0.3, 0.4) is 0 Å². The van der Waals surface area contributed by atoms with Crippen LogP contribution >= 0.6 is 11.8 Å². The Kier molecular flexibility index (Phi) is 2.64. The minimum absolute atomic E-state index is 0.515. The number of aromatic nitrogens is 3. The van der Waals surface area contributed by atoms with E-state index in [0.717, 1.165) is 11.2 Å². The van der Waals surface area contributed by atoms with Crippen LogP contribution in [0.1, 0.15) is 5.69 Å². The third kappa shape index (κ3) is 2.14. The van der Waals surface area contributed by atoms with Crippen molar-refractivity contribution < 1.29 is 4.42 Å². The van der Waals surface area contributed by atoms with Crippen molar-refractivity contribution in [2.45, 2.75) is 17.3 Å². The molecule has 0 spiro atoms. The number of nitrogens with zero attached hydrogens (tertiary/aromatic N) is 3. The number of nitrogens with two attached hydrogens (primary N) is 1. The number of hydrogen-bond donors (Lipinski definition) is 1. The quantitative estimate of drug-likeness (QED) is 0.562. The van der Waals surface area contributed by atoms with E-state index in [9.17, 15) is 0 Å². The van der Waals surface area contributed by atoms with E-state index in [4.69, 9.17) is 10.2 Å². The minimum Gasteiger partial charge on any atom is -0.431 e. The van der Waals surface area contributed by atoms with Crippen LogP contribution in [0.2, 0.25) is 0 Å². The van der Waals surface area contributed by atoms with Crippen molar-refractivity contribution in [3.05, 3.63) is 36.2 Å². The van der Waals surface area contributed by atoms with Gasteiger partial charge in [0.05, 0.1) is 0 Å². The van der Waals surface area contributed by atoms with Gasteiger partial charge < -0.3 is 10.2 Å². The van der Waals surface area contributed by atoms with Crippen LogP contribution in [0.5, 0.6) is 0 Å². The number of hydrogen-bond acceptors (Lipinski definition) is 6. The van der Waals surface area contributed by atoms with Gasteiger partial charge in [-0.25, -0.2) is 15.0 Å². The molecule has 2 aromatic heterocycles. The maximum atomic E-state index is 5.69. The van der Waals surface area contributed by atoms with E-state index in [1.807, 2.05) is 13.0 Å². The smallest absolute Gasteiger partial charge is 0.264 e. The minimum atomic E-state index is 0.515. The second-order valence-corrected chi connectivity index (χ2v) is 4.71. The molecule has 0 fully saturated rings. The number of aryl methyl sites for hydroxylation is 1. The summed E-state index contributed by atoms with van der Waals surface area (Å²) in [6.45, 7) is 1.92. The molecular formula is C12H10N4OS. The molecule has 18 heavy (non-hydrogen) atoms. The van der Waals surface area contributed by atoms with Crippen LogP contribution in [0.25, 0.3) is 11.1 Å². The summed E-state index contributed by atoms with van der Waals surface area (Å²) in [4.78, 5) is 12.8. The van der Waals surface area contributed by atoms with Gasteiger partial charge in [0.15, 0.2) is 10.7 Å². The average Bonchev–Trinajstić information content (AvgIpc) is 2.70. The van der Waals surface area contributed by atoms with Crippen molar-refractivity contribution >= 4 is 28.5 Å². The number of oxazole rings is 1. The van der Waals surface area contributed by atoms with Gasteiger partial charge in [0, 0.05) is 29.3 Å². The molecule has 0 bridgehead atoms. The fourth-order valence-electron chi connectivity index (χ4n) is 1.52. The largest absolute Gasteiger partial charge is 0.431 e. The molecule has 5 nitrogen and oxygen atoms in total. The summed E-state index contributed by atoms with van der Waals surface area (Å²) >= 11 is 1.29. The number of anilines is 1. The summed E-state index contributed by atoms with van der Waals surface area (Å²) in [5.74, 6) is 0. The molecule has 0 radical (unpaired) electrons. The van der Waals surface area contributed by atoms with Gasteiger partial charge in [0.25, 0.3) is 5.22 Å². The van der Waals surface area contributed by atoms with Gasteiger partial charge in [-0.3, -0.25) is 0 Å². The van der Waals surface area contributed by atoms with Crippen LogP contribution < -0.4 is 5.73 Å². The normalized spacial score (nSPS) is 10.9. The van der Waals surface area contributed by atoms with E-state index in [2.05, 4.69) is 15.0 Å². The number of rotatable bonds is 2. The third-order valence-corrected chi connectivity index (χ3v) is 3.07. The molecule has 6 heteroatoms. The first kappa shape index (κ1) is 11.0. The third-order valence-electron chi connectivity index (χ3n) is 2.34. The van der Waals surface area contributed by atoms with Crippen molar-refractivity contribution in [2.24, 2.45) is 0 Å². The van der Waals surface area contributed by atoms with E-state index in [0.29, 0.717) is 21.6 Å². The van der Waals surface area contributed by atoms with Crippen molar-refractivity contribution in [2.75, 3.05) is 5.73 Å². The summed E-state index contributed by atoms with van der Waals surface area (Å²) in [6.07, 6.45) is 1.71. The topological polar surface area (TPSA) is 77.8 Å². The molecule has 0 amide bonds. The molecule has 0 atom stereocenters. The lowest BCUT2D eigenvalue weighted by Crippen LogP contribution is -1.87. The molecule has 90 valence electrons. The molecule has 0 saturated heterocycles. The van der Waals surface area contributed by atoms with E-state index in [1.54, 1.807) is 24.4 Å². The maximum absolute atomic E-state index is 5.69. The Morgan fingerprint density at radius 2 is 2.11 bits per heavy atom. The van der Waals surface area contributed by atoms with Crippen LogP contribution in [-0.4, -0.2) is 15.0 Å². The molecular weight excluding hydrogens is 248 g/mol. The summed E-state index contributed by atoms with van der Waals surface area (Å²) in [5.41, 5.74) is 8.72. The molecule has 0 unspecified atom stereocenters. The Morgan fingerprint density at radius 3 is 2.94 bits per heavy atom. The molecule has 3 rings (SSSR count). The molecule has 3 aromatic rings. The maximum Gasteiger partial charge on any atom is 0.264 e. The predicted molar refractivity (Wildman–Crippen MR) is 69.3 cm³/mol. The zero-order valence-corrected chi connectivity index (χ0v) is 10.4. The second-order valence-electron chi connectivity index (χ2n) is 3.79. The fourth-order valence-corrected chi connectivity index (χ4v) is 2.25. The standard InChI is InChI=1S/C12H10N4OS/c1-7-4-5-14-11(15-7)18-12-16-9-6-8(13)2-3-10(9)17-12/h2-6H,13H2,1H3. The van der Waals surface area contributed by atoms with E-state index in [1.165, 1.54) is 11.8 Å². The van der Waals surface area contributed by atoms with Gasteiger partial charge >= 0.3 is 0 Å². The summed E-state index contributed by atoms with van der Waals surface area (Å²) in [7, 11) is 0. The highest BCUT2D eigenvalue weighted by Crippen LogP contribution is 2.28. The van der Waals surface area contributed by atoms with Gasteiger partial charge in [0.1, 0.15) is 5.52 Å². The zero-order valence-electron chi connectivity index (χ0n) is 9.62. The van der Waals surface area contributed by atoms with Crippen molar-refractivity contribution in [3.63, 3.8) is 0 Å². The summed E-state index contributed by atoms with van der Waals surface area (Å²) in [5, 5.41) is 1.13. The molecule has 0 saturated carbocycles. The van der Waals surface area contributed by atoms with Crippen LogP contribution in [0.15, 0.2) is 45.3 Å². The van der Waals surface area contributed by atoms with Gasteiger partial charge in [-0.1, -0.05) is 0 Å². The highest BCUT2D eigenvalue weighted by molar-refractivity contribution is 7.98. The van der Waals surface area contributed by atoms with Gasteiger partial charge in [0.2, 0.25) is 0 Å². The first-order chi connectivity index (χ1) is 8.70. The first-order valence-electron chi connectivity index (χ1n) is 5.34. The molecule has 2 N–H and O–H groups in total. The molecule has 1 aromatic carbocycles. The molecule has 0 aliphatic rings. The van der Waals surface area contributed by atoms with Crippen LogP contribution in [0.4, 0.5) is 5.69 Å². The molecule has 0 aliphatic heterocycles. The highest BCUT2D eigenvalue weighted by Gasteiger charge is 2.09. The lowest BCUT2D eigenvalue weighted by molar-refractivity contribution is 0.488. The first-order valence-corrected chi connectivity index (χ1v) is 6.16. The van der Waals surface area contributed by atoms with E-state index < -0.39 is 0 Å². The second kappa shape index (κ2) is 4.30. The van der Waals surface area contributed by atoms with E-state index >= 15 is 0 Å². The van der Waals surface area contributed by atoms with Crippen LogP contribution in [0, 0.1) is 6.92 Å². The fraction of sp³-hybridized carbons (Fsp3) is 0.0833. The lowest BCUT2D eigenvalue weighted by Gasteiger charge is -1.95. The SMILES string of the molecule is Cc1ccnc(Sc2nc3cc(N)ccc3o2)n1.